The topological polar surface area (TPSA) is 137 Å². The normalized spacial score (nSPS) is 12.6. The number of hydrogen-bond acceptors (Lipinski definition) is 4. The molecule has 0 aliphatic carbocycles. The van der Waals surface area contributed by atoms with Gasteiger partial charge < -0.3 is 22.5 Å². The van der Waals surface area contributed by atoms with Crippen LogP contribution in [0.2, 0.25) is 0 Å². The van der Waals surface area contributed by atoms with Gasteiger partial charge in [0.25, 0.3) is 0 Å². The van der Waals surface area contributed by atoms with Crippen molar-refractivity contribution < 1.29 is 9.59 Å². The highest BCUT2D eigenvalue weighted by atomic mass is 16.2. The van der Waals surface area contributed by atoms with Crippen molar-refractivity contribution in [2.75, 3.05) is 11.9 Å². The molecule has 3 rings (SSSR count). The molecule has 3 aromatic rings. The number of carbonyl (C=O) groups excluding carboxylic acids is 2. The van der Waals surface area contributed by atoms with Crippen LogP contribution in [-0.4, -0.2) is 30.2 Å². The number of guanidine groups is 1. The molecule has 0 spiro atoms. The second-order valence-corrected chi connectivity index (χ2v) is 8.16. The maximum Gasteiger partial charge on any atom is 0.227 e. The Bertz CT molecular complexity index is 1110. The molecule has 0 saturated carbocycles. The summed E-state index contributed by atoms with van der Waals surface area (Å²) < 4.78 is 0. The van der Waals surface area contributed by atoms with E-state index >= 15 is 0 Å². The van der Waals surface area contributed by atoms with Gasteiger partial charge in [-0.1, -0.05) is 60.7 Å². The molecule has 2 atom stereocenters. The number of aliphatic imine (C=N–C) groups is 1. The quantitative estimate of drug-likeness (QED) is 0.204. The van der Waals surface area contributed by atoms with Crippen molar-refractivity contribution >= 4 is 34.1 Å². The third-order valence-electron chi connectivity index (χ3n) is 5.55. The van der Waals surface area contributed by atoms with Crippen molar-refractivity contribution in [3.05, 3.63) is 78.4 Å². The second-order valence-electron chi connectivity index (χ2n) is 8.16. The smallest absolute Gasteiger partial charge is 0.227 e. The van der Waals surface area contributed by atoms with Crippen molar-refractivity contribution in [3.63, 3.8) is 0 Å². The Morgan fingerprint density at radius 3 is 2.33 bits per heavy atom. The molecule has 0 saturated heterocycles. The second kappa shape index (κ2) is 11.8. The Kier molecular flexibility index (Phi) is 8.55. The highest BCUT2D eigenvalue weighted by Crippen LogP contribution is 2.21. The Morgan fingerprint density at radius 2 is 1.61 bits per heavy atom. The predicted molar refractivity (Wildman–Crippen MR) is 134 cm³/mol. The number of fused-ring (bicyclic) bond motifs is 1. The molecule has 33 heavy (non-hydrogen) atoms. The third kappa shape index (κ3) is 7.43. The number of amides is 1. The highest BCUT2D eigenvalue weighted by molar-refractivity contribution is 5.98. The SMILES string of the molecule is NC(N)=NCCC[C@H](CC(=O)C(N)Cc1ccccc1)C(=O)Nc1ccc2ccccc2c1. The molecule has 7 nitrogen and oxygen atoms in total. The van der Waals surface area contributed by atoms with Crippen LogP contribution >= 0.6 is 0 Å². The van der Waals surface area contributed by atoms with Gasteiger partial charge in [-0.3, -0.25) is 14.6 Å². The van der Waals surface area contributed by atoms with Gasteiger partial charge in [0, 0.05) is 24.6 Å². The standard InChI is InChI=1S/C26H31N5O2/c27-23(15-18-7-2-1-3-8-18)24(32)17-21(11-6-14-30-26(28)29)25(33)31-22-13-12-19-9-4-5-10-20(19)16-22/h1-5,7-10,12-13,16,21,23H,6,11,14-15,17,27H2,(H,31,33)(H4,28,29,30)/t21-,23?/m1/s1. The van der Waals surface area contributed by atoms with Crippen molar-refractivity contribution in [2.45, 2.75) is 31.7 Å². The van der Waals surface area contributed by atoms with Gasteiger partial charge >= 0.3 is 0 Å². The van der Waals surface area contributed by atoms with Gasteiger partial charge in [-0.2, -0.15) is 0 Å². The van der Waals surface area contributed by atoms with Crippen LogP contribution in [0.15, 0.2) is 77.8 Å². The maximum atomic E-state index is 13.1. The van der Waals surface area contributed by atoms with E-state index in [-0.39, 0.29) is 24.1 Å². The van der Waals surface area contributed by atoms with Gasteiger partial charge in [-0.25, -0.2) is 0 Å². The number of nitrogens with two attached hydrogens (primary N) is 3. The minimum atomic E-state index is -0.666. The Balaban J connectivity index is 1.67. The third-order valence-corrected chi connectivity index (χ3v) is 5.55. The Morgan fingerprint density at radius 1 is 0.909 bits per heavy atom. The first-order valence-corrected chi connectivity index (χ1v) is 11.1. The van der Waals surface area contributed by atoms with Gasteiger partial charge in [0.15, 0.2) is 11.7 Å². The van der Waals surface area contributed by atoms with E-state index in [9.17, 15) is 9.59 Å². The van der Waals surface area contributed by atoms with E-state index in [0.29, 0.717) is 31.5 Å². The zero-order valence-corrected chi connectivity index (χ0v) is 18.6. The molecule has 0 fully saturated rings. The van der Waals surface area contributed by atoms with Crippen molar-refractivity contribution in [1.29, 1.82) is 0 Å². The van der Waals surface area contributed by atoms with E-state index in [2.05, 4.69) is 10.3 Å². The zero-order valence-electron chi connectivity index (χ0n) is 18.6. The molecule has 0 aliphatic heterocycles. The summed E-state index contributed by atoms with van der Waals surface area (Å²) in [7, 11) is 0. The van der Waals surface area contributed by atoms with E-state index in [4.69, 9.17) is 17.2 Å². The minimum absolute atomic E-state index is 0.00752. The van der Waals surface area contributed by atoms with Crippen LogP contribution in [0.25, 0.3) is 10.8 Å². The highest BCUT2D eigenvalue weighted by Gasteiger charge is 2.25. The van der Waals surface area contributed by atoms with Gasteiger partial charge in [0.1, 0.15) is 0 Å². The van der Waals surface area contributed by atoms with Crippen LogP contribution in [0.3, 0.4) is 0 Å². The summed E-state index contributed by atoms with van der Waals surface area (Å²) >= 11 is 0. The molecule has 0 heterocycles. The Hall–Kier alpha value is -3.71. The molecule has 0 aromatic heterocycles. The molecule has 0 bridgehead atoms. The van der Waals surface area contributed by atoms with Gasteiger partial charge in [0.05, 0.1) is 6.04 Å². The van der Waals surface area contributed by atoms with Gasteiger partial charge in [0.2, 0.25) is 5.91 Å². The fraction of sp³-hybridized carbons (Fsp3) is 0.269. The van der Waals surface area contributed by atoms with Gasteiger partial charge in [-0.05, 0) is 47.7 Å². The lowest BCUT2D eigenvalue weighted by molar-refractivity contribution is -0.127. The van der Waals surface area contributed by atoms with Crippen LogP contribution in [0.1, 0.15) is 24.8 Å². The first-order chi connectivity index (χ1) is 15.9. The first kappa shape index (κ1) is 23.9. The van der Waals surface area contributed by atoms with E-state index in [0.717, 1.165) is 16.3 Å². The summed E-state index contributed by atoms with van der Waals surface area (Å²) in [6.45, 7) is 0.395. The van der Waals surface area contributed by atoms with E-state index in [1.165, 1.54) is 0 Å². The van der Waals surface area contributed by atoms with Crippen LogP contribution in [0, 0.1) is 5.92 Å². The van der Waals surface area contributed by atoms with Crippen LogP contribution in [0.5, 0.6) is 0 Å². The maximum absolute atomic E-state index is 13.1. The fourth-order valence-corrected chi connectivity index (χ4v) is 3.76. The molecule has 3 aromatic carbocycles. The summed E-state index contributed by atoms with van der Waals surface area (Å²) in [6, 6.07) is 22.6. The molecular weight excluding hydrogens is 414 g/mol. The molecule has 0 radical (unpaired) electrons. The molecule has 7 N–H and O–H groups in total. The summed E-state index contributed by atoms with van der Waals surface area (Å²) in [5.74, 6) is -0.872. The number of benzene rings is 3. The van der Waals surface area contributed by atoms with Crippen molar-refractivity contribution in [3.8, 4) is 0 Å². The number of nitrogens with zero attached hydrogens (tertiary/aromatic N) is 1. The number of ketones is 1. The number of carbonyl (C=O) groups is 2. The molecular formula is C26H31N5O2. The van der Waals surface area contributed by atoms with Crippen LogP contribution in [0.4, 0.5) is 5.69 Å². The van der Waals surface area contributed by atoms with Crippen LogP contribution < -0.4 is 22.5 Å². The molecule has 172 valence electrons. The summed E-state index contributed by atoms with van der Waals surface area (Å²) in [5, 5.41) is 5.08. The monoisotopic (exact) mass is 445 g/mol. The average molecular weight is 446 g/mol. The molecule has 1 unspecified atom stereocenters. The fourth-order valence-electron chi connectivity index (χ4n) is 3.76. The van der Waals surface area contributed by atoms with Gasteiger partial charge in [-0.15, -0.1) is 0 Å². The number of hydrogen-bond donors (Lipinski definition) is 4. The molecule has 7 heteroatoms. The summed E-state index contributed by atoms with van der Waals surface area (Å²) in [6.07, 6.45) is 1.55. The molecule has 1 amide bonds. The van der Waals surface area contributed by atoms with E-state index in [1.807, 2.05) is 72.8 Å². The zero-order chi connectivity index (χ0) is 23.6. The van der Waals surface area contributed by atoms with E-state index in [1.54, 1.807) is 0 Å². The summed E-state index contributed by atoms with van der Waals surface area (Å²) in [4.78, 5) is 29.9. The van der Waals surface area contributed by atoms with Crippen molar-refractivity contribution in [1.82, 2.24) is 0 Å². The van der Waals surface area contributed by atoms with Crippen LogP contribution in [-0.2, 0) is 16.0 Å². The lowest BCUT2D eigenvalue weighted by atomic mass is 9.91. The number of Topliss-reactive ketones (excluding diaryl/α,β-unsaturated/α-hetero) is 1. The number of anilines is 1. The lowest BCUT2D eigenvalue weighted by Gasteiger charge is -2.18. The lowest BCUT2D eigenvalue weighted by Crippen LogP contribution is -2.36. The van der Waals surface area contributed by atoms with Crippen molar-refractivity contribution in [2.24, 2.45) is 28.1 Å². The van der Waals surface area contributed by atoms with E-state index < -0.39 is 12.0 Å². The first-order valence-electron chi connectivity index (χ1n) is 11.1. The summed E-state index contributed by atoms with van der Waals surface area (Å²) in [5.41, 5.74) is 18.6. The largest absolute Gasteiger partial charge is 0.370 e. The minimum Gasteiger partial charge on any atom is -0.370 e. The average Bonchev–Trinajstić information content (AvgIpc) is 2.81. The predicted octanol–water partition coefficient (Wildman–Crippen LogP) is 2.98. The molecule has 0 aliphatic rings. The number of nitrogens with one attached hydrogen (secondary N) is 1. The Labute approximate surface area is 194 Å². The number of rotatable bonds is 11.